The smallest absolute Gasteiger partial charge is 0.256 e. The Morgan fingerprint density at radius 1 is 1.09 bits per heavy atom. The quantitative estimate of drug-likeness (QED) is 0.277. The molecule has 34 heavy (non-hydrogen) atoms. The number of aryl methyl sites for hydroxylation is 2. The van der Waals surface area contributed by atoms with Crippen molar-refractivity contribution < 1.29 is 4.79 Å². The number of aromatic nitrogens is 6. The first kappa shape index (κ1) is 23.7. The molecule has 0 unspecified atom stereocenters. The summed E-state index contributed by atoms with van der Waals surface area (Å²) in [5.41, 5.74) is 1.89. The molecular weight excluding hydrogens is 452 g/mol. The van der Waals surface area contributed by atoms with E-state index in [1.54, 1.807) is 29.2 Å². The summed E-state index contributed by atoms with van der Waals surface area (Å²) in [4.78, 5) is 39.5. The van der Waals surface area contributed by atoms with Crippen molar-refractivity contribution in [1.29, 1.82) is 0 Å². The molecule has 0 atom stereocenters. The van der Waals surface area contributed by atoms with Crippen LogP contribution in [0.5, 0.6) is 0 Å². The molecule has 0 radical (unpaired) electrons. The second kappa shape index (κ2) is 10.2. The van der Waals surface area contributed by atoms with Crippen molar-refractivity contribution in [3.63, 3.8) is 0 Å². The van der Waals surface area contributed by atoms with E-state index in [0.29, 0.717) is 41.5 Å². The van der Waals surface area contributed by atoms with Crippen LogP contribution in [0.3, 0.4) is 0 Å². The predicted molar refractivity (Wildman–Crippen MR) is 135 cm³/mol. The van der Waals surface area contributed by atoms with Crippen molar-refractivity contribution in [2.75, 3.05) is 24.7 Å². The van der Waals surface area contributed by atoms with Gasteiger partial charge in [-0.25, -0.2) is 19.6 Å². The lowest BCUT2D eigenvalue weighted by molar-refractivity contribution is 0.0950. The van der Waals surface area contributed by atoms with Crippen LogP contribution in [-0.4, -0.2) is 54.6 Å². The molecule has 10 nitrogen and oxygen atoms in total. The summed E-state index contributed by atoms with van der Waals surface area (Å²) >= 11 is 1.46. The molecule has 178 valence electrons. The van der Waals surface area contributed by atoms with Crippen LogP contribution in [0.4, 0.5) is 5.82 Å². The van der Waals surface area contributed by atoms with E-state index < -0.39 is 5.91 Å². The number of pyridine rings is 2. The maximum Gasteiger partial charge on any atom is 0.256 e. The second-order valence-corrected chi connectivity index (χ2v) is 8.60. The largest absolute Gasteiger partial charge is 0.369 e. The first-order chi connectivity index (χ1) is 16.5. The number of hydrogen-bond acceptors (Lipinski definition) is 8. The molecule has 11 heteroatoms. The number of nitrogens with one attached hydrogen (secondary N) is 2. The van der Waals surface area contributed by atoms with Gasteiger partial charge in [0, 0.05) is 31.5 Å². The molecule has 0 aliphatic heterocycles. The van der Waals surface area contributed by atoms with Gasteiger partial charge in [-0.1, -0.05) is 18.7 Å². The Morgan fingerprint density at radius 2 is 1.91 bits per heavy atom. The van der Waals surface area contributed by atoms with E-state index in [-0.39, 0.29) is 11.0 Å². The molecule has 4 aromatic rings. The van der Waals surface area contributed by atoms with E-state index in [1.807, 2.05) is 24.7 Å². The van der Waals surface area contributed by atoms with Gasteiger partial charge in [0.25, 0.3) is 5.91 Å². The van der Waals surface area contributed by atoms with Crippen LogP contribution in [0.2, 0.25) is 0 Å². The zero-order valence-corrected chi connectivity index (χ0v) is 20.6. The summed E-state index contributed by atoms with van der Waals surface area (Å²) < 4.78 is 3.57. The highest BCUT2D eigenvalue weighted by Crippen LogP contribution is 2.23. The van der Waals surface area contributed by atoms with Gasteiger partial charge >= 0.3 is 0 Å². The first-order valence-corrected chi connectivity index (χ1v) is 12.5. The summed E-state index contributed by atoms with van der Waals surface area (Å²) in [6.45, 7) is 8.02. The molecule has 0 fully saturated rings. The third kappa shape index (κ3) is 4.60. The zero-order valence-electron chi connectivity index (χ0n) is 19.8. The lowest BCUT2D eigenvalue weighted by Crippen LogP contribution is -2.32. The van der Waals surface area contributed by atoms with Gasteiger partial charge in [-0.05, 0) is 38.7 Å². The van der Waals surface area contributed by atoms with E-state index in [0.717, 1.165) is 29.9 Å². The van der Waals surface area contributed by atoms with Crippen LogP contribution in [0.1, 0.15) is 36.3 Å². The average molecular weight is 481 g/mol. The standard InChI is InChI=1S/C23H28N8O2S/c1-5-9-24-19-16-12-26-31(21(16)29-23(28-19)34-4)11-10-25-22(33)17-13-30(6-2)20-15(18(17)32)8-7-14(3)27-20/h7-8,12-13H,5-6,9-11H2,1-4H3,(H,25,33)(H,24,28,29). The van der Waals surface area contributed by atoms with Crippen molar-refractivity contribution in [3.05, 3.63) is 46.0 Å². The second-order valence-electron chi connectivity index (χ2n) is 7.83. The van der Waals surface area contributed by atoms with Gasteiger partial charge in [-0.15, -0.1) is 0 Å². The van der Waals surface area contributed by atoms with E-state index in [2.05, 4.69) is 37.6 Å². The summed E-state index contributed by atoms with van der Waals surface area (Å²) in [7, 11) is 0. The fourth-order valence-corrected chi connectivity index (χ4v) is 4.06. The number of anilines is 1. The lowest BCUT2D eigenvalue weighted by Gasteiger charge is -2.12. The molecule has 0 aliphatic rings. The molecule has 4 aromatic heterocycles. The number of carbonyl (C=O) groups is 1. The Labute approximate surface area is 201 Å². The van der Waals surface area contributed by atoms with E-state index in [4.69, 9.17) is 0 Å². The summed E-state index contributed by atoms with van der Waals surface area (Å²) in [6.07, 6.45) is 6.22. The predicted octanol–water partition coefficient (Wildman–Crippen LogP) is 2.84. The molecule has 1 amide bonds. The van der Waals surface area contributed by atoms with Gasteiger partial charge in [0.1, 0.15) is 17.0 Å². The number of rotatable bonds is 9. The van der Waals surface area contributed by atoms with E-state index in [1.165, 1.54) is 11.8 Å². The van der Waals surface area contributed by atoms with Crippen molar-refractivity contribution in [3.8, 4) is 0 Å². The third-order valence-electron chi connectivity index (χ3n) is 5.46. The number of nitrogens with zero attached hydrogens (tertiary/aromatic N) is 6. The van der Waals surface area contributed by atoms with Crippen LogP contribution in [0.15, 0.2) is 34.5 Å². The van der Waals surface area contributed by atoms with Gasteiger partial charge in [-0.3, -0.25) is 9.59 Å². The summed E-state index contributed by atoms with van der Waals surface area (Å²) in [6, 6.07) is 3.51. The van der Waals surface area contributed by atoms with E-state index >= 15 is 0 Å². The third-order valence-corrected chi connectivity index (χ3v) is 6.00. The maximum atomic E-state index is 13.0. The van der Waals surface area contributed by atoms with Gasteiger partial charge in [0.2, 0.25) is 5.43 Å². The van der Waals surface area contributed by atoms with Gasteiger partial charge < -0.3 is 15.2 Å². The molecule has 0 aliphatic carbocycles. The Kier molecular flexibility index (Phi) is 7.11. The van der Waals surface area contributed by atoms with Gasteiger partial charge in [0.15, 0.2) is 10.8 Å². The number of hydrogen-bond donors (Lipinski definition) is 2. The fraction of sp³-hybridized carbons (Fsp3) is 0.391. The average Bonchev–Trinajstić information content (AvgIpc) is 3.25. The van der Waals surface area contributed by atoms with Crippen molar-refractivity contribution in [2.45, 2.75) is 45.4 Å². The zero-order chi connectivity index (χ0) is 24.2. The Balaban J connectivity index is 1.54. The molecule has 2 N–H and O–H groups in total. The monoisotopic (exact) mass is 480 g/mol. The van der Waals surface area contributed by atoms with Gasteiger partial charge in [-0.2, -0.15) is 5.10 Å². The molecule has 4 rings (SSSR count). The number of carbonyl (C=O) groups excluding carboxylic acids is 1. The van der Waals surface area contributed by atoms with Crippen LogP contribution >= 0.6 is 11.8 Å². The highest BCUT2D eigenvalue weighted by Gasteiger charge is 2.17. The normalized spacial score (nSPS) is 11.3. The molecule has 4 heterocycles. The lowest BCUT2D eigenvalue weighted by atomic mass is 10.1. The summed E-state index contributed by atoms with van der Waals surface area (Å²) in [5, 5.41) is 12.5. The Hall–Kier alpha value is -3.47. The van der Waals surface area contributed by atoms with Crippen molar-refractivity contribution >= 4 is 45.6 Å². The fourth-order valence-electron chi connectivity index (χ4n) is 3.70. The topological polar surface area (TPSA) is 120 Å². The van der Waals surface area contributed by atoms with Crippen LogP contribution in [0.25, 0.3) is 22.1 Å². The SMILES string of the molecule is CCCNc1nc(SC)nc2c1cnn2CCNC(=O)c1cn(CC)c2nc(C)ccc2c1=O. The number of fused-ring (bicyclic) bond motifs is 2. The van der Waals surface area contributed by atoms with E-state index in [9.17, 15) is 9.59 Å². The van der Waals surface area contributed by atoms with Crippen molar-refractivity contribution in [2.24, 2.45) is 0 Å². The van der Waals surface area contributed by atoms with Crippen molar-refractivity contribution in [1.82, 2.24) is 34.6 Å². The maximum absolute atomic E-state index is 13.0. The minimum absolute atomic E-state index is 0.100. The molecule has 0 bridgehead atoms. The molecule has 0 saturated carbocycles. The van der Waals surface area contributed by atoms with Crippen LogP contribution < -0.4 is 16.1 Å². The molecule has 0 spiro atoms. The minimum Gasteiger partial charge on any atom is -0.369 e. The first-order valence-electron chi connectivity index (χ1n) is 11.3. The number of thioether (sulfide) groups is 1. The minimum atomic E-state index is -0.420. The Bertz CT molecular complexity index is 1410. The molecule has 0 saturated heterocycles. The number of amides is 1. The molecule has 0 aromatic carbocycles. The van der Waals surface area contributed by atoms with Crippen LogP contribution in [-0.2, 0) is 13.1 Å². The molecular formula is C23H28N8O2S. The van der Waals surface area contributed by atoms with Gasteiger partial charge in [0.05, 0.1) is 23.5 Å². The van der Waals surface area contributed by atoms with Crippen LogP contribution in [0, 0.1) is 6.92 Å². The highest BCUT2D eigenvalue weighted by molar-refractivity contribution is 7.98. The highest BCUT2D eigenvalue weighted by atomic mass is 32.2. The summed E-state index contributed by atoms with van der Waals surface area (Å²) in [5.74, 6) is 0.336. The Morgan fingerprint density at radius 3 is 2.65 bits per heavy atom.